The lowest BCUT2D eigenvalue weighted by molar-refractivity contribution is -0.149. The maximum Gasteiger partial charge on any atom is 0.333 e. The van der Waals surface area contributed by atoms with E-state index < -0.39 is 12.1 Å². The molecule has 0 saturated heterocycles. The molecule has 0 aliphatic heterocycles. The molecule has 0 aromatic heterocycles. The molecular formula is C22H27NO6. The van der Waals surface area contributed by atoms with Crippen molar-refractivity contribution in [1.29, 1.82) is 0 Å². The Balaban J connectivity index is 2.07. The molecule has 0 saturated carbocycles. The van der Waals surface area contributed by atoms with Gasteiger partial charge in [0.05, 0.1) is 7.11 Å². The van der Waals surface area contributed by atoms with Gasteiger partial charge in [-0.05, 0) is 43.7 Å². The number of carboxylic acids is 1. The molecule has 0 fully saturated rings. The summed E-state index contributed by atoms with van der Waals surface area (Å²) in [6.07, 6.45) is -0.566. The average Bonchev–Trinajstić information content (AvgIpc) is 2.74. The number of benzene rings is 2. The van der Waals surface area contributed by atoms with Crippen LogP contribution < -0.4 is 9.47 Å². The topological polar surface area (TPSA) is 86.6 Å². The van der Waals surface area contributed by atoms with Gasteiger partial charge >= 0.3 is 5.97 Å². The van der Waals surface area contributed by atoms with Gasteiger partial charge in [-0.2, -0.15) is 0 Å². The zero-order valence-corrected chi connectivity index (χ0v) is 17.0. The predicted octanol–water partition coefficient (Wildman–Crippen LogP) is 3.55. The Hall–Kier alpha value is -3.06. The fourth-order valence-electron chi connectivity index (χ4n) is 2.69. The van der Waals surface area contributed by atoms with Crippen molar-refractivity contribution in [2.75, 3.05) is 26.9 Å². The maximum atomic E-state index is 11.2. The first kappa shape index (κ1) is 22.2. The highest BCUT2D eigenvalue weighted by Crippen LogP contribution is 2.20. The third-order valence-electron chi connectivity index (χ3n) is 4.09. The summed E-state index contributed by atoms with van der Waals surface area (Å²) in [4.78, 5) is 16.5. The van der Waals surface area contributed by atoms with Gasteiger partial charge in [0.15, 0.2) is 6.10 Å². The molecule has 7 heteroatoms. The van der Waals surface area contributed by atoms with E-state index in [-0.39, 0.29) is 6.61 Å². The minimum Gasteiger partial charge on any atom is -0.496 e. The maximum absolute atomic E-state index is 11.2. The molecule has 0 radical (unpaired) electrons. The number of hydrogen-bond acceptors (Lipinski definition) is 6. The molecule has 1 N–H and O–H groups in total. The fraction of sp³-hybridized carbons (Fsp3) is 0.364. The second kappa shape index (κ2) is 11.7. The van der Waals surface area contributed by atoms with Crippen molar-refractivity contribution in [1.82, 2.24) is 0 Å². The molecule has 2 rings (SSSR count). The number of nitrogens with zero attached hydrogens (tertiary/aromatic N) is 1. The van der Waals surface area contributed by atoms with Crippen LogP contribution in [0.15, 0.2) is 53.7 Å². The summed E-state index contributed by atoms with van der Waals surface area (Å²) >= 11 is 0. The summed E-state index contributed by atoms with van der Waals surface area (Å²) in [5.41, 5.74) is 2.25. The van der Waals surface area contributed by atoms with Crippen molar-refractivity contribution in [2.45, 2.75) is 26.4 Å². The van der Waals surface area contributed by atoms with Crippen LogP contribution in [0, 0.1) is 0 Å². The zero-order valence-electron chi connectivity index (χ0n) is 17.0. The zero-order chi connectivity index (χ0) is 21.1. The van der Waals surface area contributed by atoms with Crippen LogP contribution in [0.2, 0.25) is 0 Å². The molecule has 2 aromatic carbocycles. The Bertz CT molecular complexity index is 803. The normalized spacial score (nSPS) is 12.3. The number of aliphatic carboxylic acids is 1. The van der Waals surface area contributed by atoms with Crippen molar-refractivity contribution >= 4 is 11.7 Å². The van der Waals surface area contributed by atoms with Crippen LogP contribution in [0.4, 0.5) is 0 Å². The van der Waals surface area contributed by atoms with Crippen molar-refractivity contribution in [2.24, 2.45) is 5.16 Å². The highest BCUT2D eigenvalue weighted by molar-refractivity contribution is 6.03. The van der Waals surface area contributed by atoms with Gasteiger partial charge in [-0.1, -0.05) is 29.4 Å². The minimum absolute atomic E-state index is 0.191. The van der Waals surface area contributed by atoms with E-state index in [2.05, 4.69) is 5.16 Å². The molecule has 7 nitrogen and oxygen atoms in total. The number of methoxy groups -OCH3 is 1. The van der Waals surface area contributed by atoms with Gasteiger partial charge in [-0.3, -0.25) is 0 Å². The van der Waals surface area contributed by atoms with E-state index in [4.69, 9.17) is 19.0 Å². The standard InChI is InChI=1S/C22H27NO6/c1-4-27-21(22(24)25)14-16-10-12-17(13-11-16)28-15-19(23-29-5-2)18-8-6-7-9-20(18)26-3/h6-13,21H,4-5,14-15H2,1-3H3,(H,24,25). The van der Waals surface area contributed by atoms with E-state index in [1.165, 1.54) is 0 Å². The van der Waals surface area contributed by atoms with Gasteiger partial charge in [0.25, 0.3) is 0 Å². The number of para-hydroxylation sites is 1. The monoisotopic (exact) mass is 401 g/mol. The molecule has 156 valence electrons. The van der Waals surface area contributed by atoms with E-state index >= 15 is 0 Å². The van der Waals surface area contributed by atoms with Gasteiger partial charge in [0, 0.05) is 18.6 Å². The molecule has 2 aromatic rings. The molecular weight excluding hydrogens is 374 g/mol. The van der Waals surface area contributed by atoms with Crippen molar-refractivity contribution < 1.29 is 28.9 Å². The van der Waals surface area contributed by atoms with Gasteiger partial charge < -0.3 is 24.2 Å². The molecule has 0 amide bonds. The van der Waals surface area contributed by atoms with E-state index in [0.717, 1.165) is 11.1 Å². The molecule has 0 aliphatic carbocycles. The van der Waals surface area contributed by atoms with Crippen molar-refractivity contribution in [3.8, 4) is 11.5 Å². The van der Waals surface area contributed by atoms with E-state index in [1.54, 1.807) is 26.2 Å². The van der Waals surface area contributed by atoms with Crippen LogP contribution in [-0.2, 0) is 20.8 Å². The van der Waals surface area contributed by atoms with Crippen LogP contribution >= 0.6 is 0 Å². The number of ether oxygens (including phenoxy) is 3. The first-order chi connectivity index (χ1) is 14.1. The van der Waals surface area contributed by atoms with Crippen molar-refractivity contribution in [3.05, 3.63) is 59.7 Å². The Kier molecular flexibility index (Phi) is 8.98. The number of carbonyl (C=O) groups is 1. The SMILES string of the molecule is CCON=C(COc1ccc(CC(OCC)C(=O)O)cc1)c1ccccc1OC. The molecule has 29 heavy (non-hydrogen) atoms. The summed E-state index contributed by atoms with van der Waals surface area (Å²) in [5.74, 6) is 0.345. The van der Waals surface area contributed by atoms with Gasteiger partial charge in [-0.25, -0.2) is 4.79 Å². The Morgan fingerprint density at radius 1 is 1.07 bits per heavy atom. The van der Waals surface area contributed by atoms with E-state index in [9.17, 15) is 9.90 Å². The van der Waals surface area contributed by atoms with E-state index in [0.29, 0.717) is 36.8 Å². The summed E-state index contributed by atoms with van der Waals surface area (Å²) < 4.78 is 16.5. The number of oxime groups is 1. The second-order valence-corrected chi connectivity index (χ2v) is 6.08. The third-order valence-corrected chi connectivity index (χ3v) is 4.09. The quantitative estimate of drug-likeness (QED) is 0.432. The predicted molar refractivity (Wildman–Crippen MR) is 110 cm³/mol. The summed E-state index contributed by atoms with van der Waals surface area (Å²) in [5, 5.41) is 13.4. The number of hydrogen-bond donors (Lipinski definition) is 1. The van der Waals surface area contributed by atoms with Gasteiger partial charge in [-0.15, -0.1) is 0 Å². The fourth-order valence-corrected chi connectivity index (χ4v) is 2.69. The van der Waals surface area contributed by atoms with Crippen LogP contribution in [-0.4, -0.2) is 49.8 Å². The van der Waals surface area contributed by atoms with Crippen molar-refractivity contribution in [3.63, 3.8) is 0 Å². The van der Waals surface area contributed by atoms with Crippen LogP contribution in [0.3, 0.4) is 0 Å². The highest BCUT2D eigenvalue weighted by Gasteiger charge is 2.18. The second-order valence-electron chi connectivity index (χ2n) is 6.08. The number of rotatable bonds is 12. The lowest BCUT2D eigenvalue weighted by Crippen LogP contribution is -2.26. The van der Waals surface area contributed by atoms with Crippen LogP contribution in [0.1, 0.15) is 25.0 Å². The largest absolute Gasteiger partial charge is 0.496 e. The third kappa shape index (κ3) is 6.80. The van der Waals surface area contributed by atoms with Crippen LogP contribution in [0.25, 0.3) is 0 Å². The van der Waals surface area contributed by atoms with Gasteiger partial charge in [0.2, 0.25) is 0 Å². The van der Waals surface area contributed by atoms with Gasteiger partial charge in [0.1, 0.15) is 30.4 Å². The molecule has 0 spiro atoms. The molecule has 0 aliphatic rings. The minimum atomic E-state index is -0.972. The summed E-state index contributed by atoms with van der Waals surface area (Å²) in [7, 11) is 1.60. The molecule has 1 atom stereocenters. The smallest absolute Gasteiger partial charge is 0.333 e. The van der Waals surface area contributed by atoms with E-state index in [1.807, 2.05) is 43.3 Å². The van der Waals surface area contributed by atoms with Crippen LogP contribution in [0.5, 0.6) is 11.5 Å². The Labute approximate surface area is 170 Å². The summed E-state index contributed by atoms with van der Waals surface area (Å²) in [6, 6.07) is 14.8. The first-order valence-electron chi connectivity index (χ1n) is 9.47. The summed E-state index contributed by atoms with van der Waals surface area (Å²) in [6.45, 7) is 4.61. The average molecular weight is 401 g/mol. The molecule has 0 heterocycles. The Morgan fingerprint density at radius 3 is 2.41 bits per heavy atom. The Morgan fingerprint density at radius 2 is 1.79 bits per heavy atom. The highest BCUT2D eigenvalue weighted by atomic mass is 16.6. The lowest BCUT2D eigenvalue weighted by Gasteiger charge is -2.14. The lowest BCUT2D eigenvalue weighted by atomic mass is 10.1. The molecule has 0 bridgehead atoms. The number of carboxylic acid groups (broad SMARTS) is 1. The first-order valence-corrected chi connectivity index (χ1v) is 9.47. The molecule has 1 unspecified atom stereocenters.